The largest absolute Gasteiger partial charge is 0.0990 e. The molecule has 0 radical (unpaired) electrons. The zero-order valence-electron chi connectivity index (χ0n) is 8.29. The molecule has 70 valence electrons. The van der Waals surface area contributed by atoms with Gasteiger partial charge in [0.05, 0.1) is 0 Å². The predicted molar refractivity (Wildman–Crippen MR) is 62.0 cm³/mol. The Labute approximate surface area is 85.3 Å². The van der Waals surface area contributed by atoms with Crippen LogP contribution in [0.1, 0.15) is 12.8 Å². The summed E-state index contributed by atoms with van der Waals surface area (Å²) in [7, 11) is 0. The maximum Gasteiger partial charge on any atom is -0.00826 e. The summed E-state index contributed by atoms with van der Waals surface area (Å²) in [5.41, 5.74) is 5.33. The molecular formula is C14H14. The second-order valence-electron chi connectivity index (χ2n) is 3.49. The SMILES string of the molecule is C=C/C=C1/C=CC2=C1C(C=C)=CCC2. The Morgan fingerprint density at radius 2 is 2.07 bits per heavy atom. The first-order chi connectivity index (χ1) is 6.86. The lowest BCUT2D eigenvalue weighted by Crippen LogP contribution is -1.96. The van der Waals surface area contributed by atoms with Gasteiger partial charge in [-0.3, -0.25) is 0 Å². The minimum absolute atomic E-state index is 1.13. The molecule has 0 heteroatoms. The summed E-state index contributed by atoms with van der Waals surface area (Å²) in [5, 5.41) is 0. The van der Waals surface area contributed by atoms with Crippen LogP contribution in [0, 0.1) is 0 Å². The first kappa shape index (κ1) is 9.01. The smallest absolute Gasteiger partial charge is 0.00826 e. The average molecular weight is 182 g/mol. The maximum atomic E-state index is 3.86. The molecule has 0 spiro atoms. The highest BCUT2D eigenvalue weighted by atomic mass is 14.2. The third kappa shape index (κ3) is 1.33. The number of hydrogen-bond acceptors (Lipinski definition) is 0. The van der Waals surface area contributed by atoms with Crippen molar-refractivity contribution in [3.05, 3.63) is 71.9 Å². The van der Waals surface area contributed by atoms with Gasteiger partial charge < -0.3 is 0 Å². The Morgan fingerprint density at radius 1 is 1.21 bits per heavy atom. The molecule has 0 aromatic rings. The predicted octanol–water partition coefficient (Wildman–Crippen LogP) is 3.87. The van der Waals surface area contributed by atoms with E-state index in [4.69, 9.17) is 0 Å². The van der Waals surface area contributed by atoms with Gasteiger partial charge in [-0.2, -0.15) is 0 Å². The topological polar surface area (TPSA) is 0 Å². The third-order valence-corrected chi connectivity index (χ3v) is 2.66. The number of hydrogen-bond donors (Lipinski definition) is 0. The van der Waals surface area contributed by atoms with Gasteiger partial charge in [-0.1, -0.05) is 49.6 Å². The standard InChI is InChI=1S/C14H14/c1-3-6-12-9-10-13-8-5-7-11(4-2)14(12)13/h3-4,6-7,9-10H,1-2,5,8H2/b12-6-. The highest BCUT2D eigenvalue weighted by molar-refractivity contribution is 5.66. The fourth-order valence-electron chi connectivity index (χ4n) is 2.04. The van der Waals surface area contributed by atoms with Gasteiger partial charge in [0.25, 0.3) is 0 Å². The first-order valence-corrected chi connectivity index (χ1v) is 4.94. The molecular weight excluding hydrogens is 168 g/mol. The Hall–Kier alpha value is -1.56. The van der Waals surface area contributed by atoms with Crippen molar-refractivity contribution in [2.75, 3.05) is 0 Å². The van der Waals surface area contributed by atoms with Crippen molar-refractivity contribution in [2.45, 2.75) is 12.8 Å². The Bertz CT molecular complexity index is 398. The molecule has 0 saturated heterocycles. The fraction of sp³-hybridized carbons (Fsp3) is 0.143. The van der Waals surface area contributed by atoms with E-state index in [1.165, 1.54) is 22.3 Å². The van der Waals surface area contributed by atoms with E-state index in [9.17, 15) is 0 Å². The summed E-state index contributed by atoms with van der Waals surface area (Å²) in [5.74, 6) is 0. The highest BCUT2D eigenvalue weighted by Crippen LogP contribution is 2.36. The molecule has 0 saturated carbocycles. The zero-order chi connectivity index (χ0) is 9.97. The van der Waals surface area contributed by atoms with Crippen molar-refractivity contribution in [1.29, 1.82) is 0 Å². The summed E-state index contributed by atoms with van der Waals surface area (Å²) in [6.07, 6.45) is 14.8. The van der Waals surface area contributed by atoms with Crippen LogP contribution >= 0.6 is 0 Å². The molecule has 2 rings (SSSR count). The summed E-state index contributed by atoms with van der Waals surface area (Å²) >= 11 is 0. The van der Waals surface area contributed by atoms with E-state index in [-0.39, 0.29) is 0 Å². The Morgan fingerprint density at radius 3 is 2.79 bits per heavy atom. The molecule has 0 atom stereocenters. The fourth-order valence-corrected chi connectivity index (χ4v) is 2.04. The van der Waals surface area contributed by atoms with E-state index in [0.29, 0.717) is 0 Å². The minimum atomic E-state index is 1.13. The van der Waals surface area contributed by atoms with E-state index in [2.05, 4.69) is 37.5 Å². The molecule has 0 bridgehead atoms. The van der Waals surface area contributed by atoms with Crippen LogP contribution in [0.2, 0.25) is 0 Å². The summed E-state index contributed by atoms with van der Waals surface area (Å²) in [6.45, 7) is 7.59. The normalized spacial score (nSPS) is 22.3. The average Bonchev–Trinajstić information content (AvgIpc) is 2.62. The molecule has 0 aliphatic heterocycles. The van der Waals surface area contributed by atoms with Crippen LogP contribution in [0.25, 0.3) is 0 Å². The lowest BCUT2D eigenvalue weighted by atomic mass is 9.90. The summed E-state index contributed by atoms with van der Waals surface area (Å²) in [6, 6.07) is 0. The minimum Gasteiger partial charge on any atom is -0.0990 e. The Balaban J connectivity index is 2.47. The van der Waals surface area contributed by atoms with E-state index >= 15 is 0 Å². The number of rotatable bonds is 2. The molecule has 0 heterocycles. The molecule has 2 aliphatic rings. The maximum absolute atomic E-state index is 3.86. The van der Waals surface area contributed by atoms with E-state index in [1.807, 2.05) is 12.2 Å². The zero-order valence-corrected chi connectivity index (χ0v) is 8.29. The van der Waals surface area contributed by atoms with Crippen molar-refractivity contribution in [2.24, 2.45) is 0 Å². The van der Waals surface area contributed by atoms with Crippen LogP contribution in [-0.4, -0.2) is 0 Å². The van der Waals surface area contributed by atoms with Crippen molar-refractivity contribution in [3.8, 4) is 0 Å². The first-order valence-electron chi connectivity index (χ1n) is 4.94. The third-order valence-electron chi connectivity index (χ3n) is 2.66. The quantitative estimate of drug-likeness (QED) is 0.608. The van der Waals surface area contributed by atoms with Crippen molar-refractivity contribution < 1.29 is 0 Å². The molecule has 2 aliphatic carbocycles. The molecule has 0 amide bonds. The molecule has 0 N–H and O–H groups in total. The molecule has 0 aromatic heterocycles. The van der Waals surface area contributed by atoms with Crippen LogP contribution in [0.3, 0.4) is 0 Å². The molecule has 0 unspecified atom stereocenters. The van der Waals surface area contributed by atoms with Crippen LogP contribution in [0.4, 0.5) is 0 Å². The lowest BCUT2D eigenvalue weighted by Gasteiger charge is -2.14. The van der Waals surface area contributed by atoms with Gasteiger partial charge in [-0.25, -0.2) is 0 Å². The molecule has 14 heavy (non-hydrogen) atoms. The van der Waals surface area contributed by atoms with E-state index < -0.39 is 0 Å². The molecule has 0 fully saturated rings. The van der Waals surface area contributed by atoms with Crippen LogP contribution < -0.4 is 0 Å². The summed E-state index contributed by atoms with van der Waals surface area (Å²) < 4.78 is 0. The highest BCUT2D eigenvalue weighted by Gasteiger charge is 2.18. The number of allylic oxidation sites excluding steroid dienone is 10. The van der Waals surface area contributed by atoms with Gasteiger partial charge >= 0.3 is 0 Å². The van der Waals surface area contributed by atoms with E-state index in [0.717, 1.165) is 12.8 Å². The van der Waals surface area contributed by atoms with E-state index in [1.54, 1.807) is 0 Å². The van der Waals surface area contributed by atoms with Gasteiger partial charge in [-0.15, -0.1) is 0 Å². The van der Waals surface area contributed by atoms with Gasteiger partial charge in [0.2, 0.25) is 0 Å². The molecule has 0 aromatic carbocycles. The van der Waals surface area contributed by atoms with Crippen LogP contribution in [-0.2, 0) is 0 Å². The Kier molecular flexibility index (Phi) is 2.36. The van der Waals surface area contributed by atoms with Crippen LogP contribution in [0.15, 0.2) is 71.9 Å². The second kappa shape index (κ2) is 3.67. The van der Waals surface area contributed by atoms with Gasteiger partial charge in [0, 0.05) is 0 Å². The lowest BCUT2D eigenvalue weighted by molar-refractivity contribution is 0.971. The van der Waals surface area contributed by atoms with Crippen LogP contribution in [0.5, 0.6) is 0 Å². The second-order valence-corrected chi connectivity index (χ2v) is 3.49. The van der Waals surface area contributed by atoms with Crippen molar-refractivity contribution in [1.82, 2.24) is 0 Å². The molecule has 0 nitrogen and oxygen atoms in total. The summed E-state index contributed by atoms with van der Waals surface area (Å²) in [4.78, 5) is 0. The van der Waals surface area contributed by atoms with Crippen molar-refractivity contribution in [3.63, 3.8) is 0 Å². The van der Waals surface area contributed by atoms with Gasteiger partial charge in [0.15, 0.2) is 0 Å². The monoisotopic (exact) mass is 182 g/mol. The van der Waals surface area contributed by atoms with Gasteiger partial charge in [-0.05, 0) is 35.1 Å². The van der Waals surface area contributed by atoms with Crippen molar-refractivity contribution >= 4 is 0 Å². The van der Waals surface area contributed by atoms with Gasteiger partial charge in [0.1, 0.15) is 0 Å².